The van der Waals surface area contributed by atoms with E-state index in [0.717, 1.165) is 0 Å². The Bertz CT molecular complexity index is 298. The van der Waals surface area contributed by atoms with E-state index in [0.29, 0.717) is 13.2 Å². The maximum Gasteiger partial charge on any atom is 0.328 e. The van der Waals surface area contributed by atoms with E-state index >= 15 is 0 Å². The molecule has 1 aliphatic rings. The zero-order valence-electron chi connectivity index (χ0n) is 10.5. The van der Waals surface area contributed by atoms with Crippen LogP contribution in [0.5, 0.6) is 0 Å². The standard InChI is InChI=1S/C11H20N2O4/c1-11(2,3)12-6-9(14)13-4-5-17-7-8(13)10(15)16/h8,12H,4-7H2,1-3H3,(H,15,16). The molecule has 6 nitrogen and oxygen atoms in total. The Hall–Kier alpha value is -1.14. The number of carbonyl (C=O) groups is 2. The maximum absolute atomic E-state index is 11.9. The molecule has 0 spiro atoms. The summed E-state index contributed by atoms with van der Waals surface area (Å²) < 4.78 is 5.07. The molecular formula is C11H20N2O4. The van der Waals surface area contributed by atoms with Gasteiger partial charge in [0.1, 0.15) is 0 Å². The average molecular weight is 244 g/mol. The molecule has 0 saturated carbocycles. The summed E-state index contributed by atoms with van der Waals surface area (Å²) in [6.07, 6.45) is 0. The van der Waals surface area contributed by atoms with Gasteiger partial charge in [-0.2, -0.15) is 0 Å². The zero-order valence-corrected chi connectivity index (χ0v) is 10.5. The first-order chi connectivity index (χ1) is 7.81. The van der Waals surface area contributed by atoms with Crippen LogP contribution in [0.3, 0.4) is 0 Å². The number of ether oxygens (including phenoxy) is 1. The van der Waals surface area contributed by atoms with E-state index < -0.39 is 12.0 Å². The molecule has 17 heavy (non-hydrogen) atoms. The molecule has 0 bridgehead atoms. The highest BCUT2D eigenvalue weighted by Crippen LogP contribution is 2.08. The molecule has 1 aliphatic heterocycles. The van der Waals surface area contributed by atoms with Crippen molar-refractivity contribution in [2.24, 2.45) is 0 Å². The van der Waals surface area contributed by atoms with Crippen LogP contribution in [0.15, 0.2) is 0 Å². The number of hydrogen-bond donors (Lipinski definition) is 2. The van der Waals surface area contributed by atoms with Crippen LogP contribution in [-0.2, 0) is 14.3 Å². The molecule has 1 rings (SSSR count). The SMILES string of the molecule is CC(C)(C)NCC(=O)N1CCOCC1C(=O)O. The van der Waals surface area contributed by atoms with Gasteiger partial charge in [-0.15, -0.1) is 0 Å². The number of carbonyl (C=O) groups excluding carboxylic acids is 1. The van der Waals surface area contributed by atoms with Crippen molar-refractivity contribution in [1.29, 1.82) is 0 Å². The van der Waals surface area contributed by atoms with Gasteiger partial charge >= 0.3 is 5.97 Å². The molecule has 0 aromatic heterocycles. The summed E-state index contributed by atoms with van der Waals surface area (Å²) in [4.78, 5) is 24.2. The lowest BCUT2D eigenvalue weighted by Crippen LogP contribution is -2.55. The molecule has 6 heteroatoms. The average Bonchev–Trinajstić information content (AvgIpc) is 2.25. The van der Waals surface area contributed by atoms with E-state index in [1.165, 1.54) is 4.90 Å². The Balaban J connectivity index is 2.56. The topological polar surface area (TPSA) is 78.9 Å². The van der Waals surface area contributed by atoms with E-state index in [1.807, 2.05) is 20.8 Å². The predicted octanol–water partition coefficient (Wildman–Crippen LogP) is -0.313. The number of amides is 1. The van der Waals surface area contributed by atoms with Gasteiger partial charge in [-0.3, -0.25) is 4.79 Å². The van der Waals surface area contributed by atoms with Crippen LogP contribution in [-0.4, -0.2) is 59.8 Å². The lowest BCUT2D eigenvalue weighted by Gasteiger charge is -2.33. The predicted molar refractivity (Wildman–Crippen MR) is 61.7 cm³/mol. The molecule has 98 valence electrons. The molecule has 1 saturated heterocycles. The Kier molecular flexibility index (Phi) is 4.47. The van der Waals surface area contributed by atoms with Crippen LogP contribution in [0, 0.1) is 0 Å². The second-order valence-electron chi connectivity index (χ2n) is 5.12. The summed E-state index contributed by atoms with van der Waals surface area (Å²) in [6.45, 7) is 6.80. The van der Waals surface area contributed by atoms with Crippen molar-refractivity contribution in [2.75, 3.05) is 26.3 Å². The fraction of sp³-hybridized carbons (Fsp3) is 0.818. The largest absolute Gasteiger partial charge is 0.480 e. The minimum Gasteiger partial charge on any atom is -0.480 e. The lowest BCUT2D eigenvalue weighted by molar-refractivity contribution is -0.157. The van der Waals surface area contributed by atoms with Crippen molar-refractivity contribution in [2.45, 2.75) is 32.4 Å². The fourth-order valence-electron chi connectivity index (χ4n) is 1.55. The minimum absolute atomic E-state index is 0.0661. The van der Waals surface area contributed by atoms with E-state index in [4.69, 9.17) is 9.84 Å². The van der Waals surface area contributed by atoms with Crippen molar-refractivity contribution < 1.29 is 19.4 Å². The molecule has 1 heterocycles. The van der Waals surface area contributed by atoms with Gasteiger partial charge in [0.2, 0.25) is 5.91 Å². The summed E-state index contributed by atoms with van der Waals surface area (Å²) in [7, 11) is 0. The number of nitrogens with zero attached hydrogens (tertiary/aromatic N) is 1. The molecule has 0 aromatic carbocycles. The molecule has 1 amide bonds. The van der Waals surface area contributed by atoms with E-state index in [9.17, 15) is 9.59 Å². The van der Waals surface area contributed by atoms with E-state index in [2.05, 4.69) is 5.32 Å². The van der Waals surface area contributed by atoms with Crippen LogP contribution in [0.4, 0.5) is 0 Å². The van der Waals surface area contributed by atoms with Gasteiger partial charge in [0.15, 0.2) is 6.04 Å². The molecule has 2 N–H and O–H groups in total. The molecule has 0 aromatic rings. The van der Waals surface area contributed by atoms with Gasteiger partial charge in [0, 0.05) is 12.1 Å². The smallest absolute Gasteiger partial charge is 0.328 e. The van der Waals surface area contributed by atoms with Crippen molar-refractivity contribution in [1.82, 2.24) is 10.2 Å². The van der Waals surface area contributed by atoms with Gasteiger partial charge in [-0.1, -0.05) is 0 Å². The quantitative estimate of drug-likeness (QED) is 0.711. The number of carboxylic acid groups (broad SMARTS) is 1. The number of morpholine rings is 1. The summed E-state index contributed by atoms with van der Waals surface area (Å²) in [5, 5.41) is 12.0. The van der Waals surface area contributed by atoms with Crippen molar-refractivity contribution in [3.8, 4) is 0 Å². The van der Waals surface area contributed by atoms with Crippen molar-refractivity contribution in [3.63, 3.8) is 0 Å². The van der Waals surface area contributed by atoms with Gasteiger partial charge in [-0.05, 0) is 20.8 Å². The first-order valence-corrected chi connectivity index (χ1v) is 5.66. The second-order valence-corrected chi connectivity index (χ2v) is 5.12. The van der Waals surface area contributed by atoms with Gasteiger partial charge < -0.3 is 20.1 Å². The van der Waals surface area contributed by atoms with Crippen LogP contribution >= 0.6 is 0 Å². The highest BCUT2D eigenvalue weighted by Gasteiger charge is 2.32. The normalized spacial score (nSPS) is 21.4. The van der Waals surface area contributed by atoms with Crippen LogP contribution in [0.25, 0.3) is 0 Å². The molecule has 1 unspecified atom stereocenters. The zero-order chi connectivity index (χ0) is 13.1. The number of aliphatic carboxylic acids is 1. The fourth-order valence-corrected chi connectivity index (χ4v) is 1.55. The third kappa shape index (κ3) is 4.32. The molecule has 0 aliphatic carbocycles. The maximum atomic E-state index is 11.9. The van der Waals surface area contributed by atoms with Crippen LogP contribution < -0.4 is 5.32 Å². The summed E-state index contributed by atoms with van der Waals surface area (Å²) in [5.41, 5.74) is -0.166. The Labute approximate surface area is 101 Å². The third-order valence-corrected chi connectivity index (χ3v) is 2.50. The van der Waals surface area contributed by atoms with Gasteiger partial charge in [0.25, 0.3) is 0 Å². The lowest BCUT2D eigenvalue weighted by atomic mass is 10.1. The first kappa shape index (κ1) is 13.9. The monoisotopic (exact) mass is 244 g/mol. The summed E-state index contributed by atoms with van der Waals surface area (Å²) in [5.74, 6) is -1.22. The van der Waals surface area contributed by atoms with Gasteiger partial charge in [0.05, 0.1) is 19.8 Å². The van der Waals surface area contributed by atoms with Crippen molar-refractivity contribution >= 4 is 11.9 Å². The Morgan fingerprint density at radius 2 is 2.12 bits per heavy atom. The van der Waals surface area contributed by atoms with Crippen LogP contribution in [0.2, 0.25) is 0 Å². The third-order valence-electron chi connectivity index (χ3n) is 2.50. The molecule has 1 fully saturated rings. The highest BCUT2D eigenvalue weighted by molar-refractivity contribution is 5.85. The number of nitrogens with one attached hydrogen (secondary N) is 1. The van der Waals surface area contributed by atoms with Crippen LogP contribution in [0.1, 0.15) is 20.8 Å². The van der Waals surface area contributed by atoms with E-state index in [1.54, 1.807) is 0 Å². The molecule has 1 atom stereocenters. The number of hydrogen-bond acceptors (Lipinski definition) is 4. The van der Waals surface area contributed by atoms with E-state index in [-0.39, 0.29) is 24.6 Å². The van der Waals surface area contributed by atoms with Gasteiger partial charge in [-0.25, -0.2) is 4.79 Å². The first-order valence-electron chi connectivity index (χ1n) is 5.66. The Morgan fingerprint density at radius 3 is 2.65 bits per heavy atom. The number of rotatable bonds is 3. The Morgan fingerprint density at radius 1 is 1.47 bits per heavy atom. The summed E-state index contributed by atoms with van der Waals surface area (Å²) in [6, 6.07) is -0.863. The number of carboxylic acids is 1. The molecular weight excluding hydrogens is 224 g/mol. The second kappa shape index (κ2) is 5.46. The minimum atomic E-state index is -1.02. The molecule has 0 radical (unpaired) electrons. The highest BCUT2D eigenvalue weighted by atomic mass is 16.5. The van der Waals surface area contributed by atoms with Crippen molar-refractivity contribution in [3.05, 3.63) is 0 Å². The summed E-state index contributed by atoms with van der Waals surface area (Å²) >= 11 is 0.